The van der Waals surface area contributed by atoms with E-state index in [1.807, 2.05) is 54.6 Å². The molecule has 1 atom stereocenters. The summed E-state index contributed by atoms with van der Waals surface area (Å²) in [6.07, 6.45) is 3.08. The van der Waals surface area contributed by atoms with Gasteiger partial charge in [-0.1, -0.05) is 36.4 Å². The zero-order chi connectivity index (χ0) is 13.6. The first-order valence-electron chi connectivity index (χ1n) is 6.53. The number of benzene rings is 2. The van der Waals surface area contributed by atoms with Crippen LogP contribution >= 0.6 is 0 Å². The standard InChI is InChI=1S/C16H14N2O2/c17-15-18-16(9-10-19-15)11-5-1-3-7-13(11)20-14-8-4-2-6-12(14)16/h1-10,15,18H,17H2. The van der Waals surface area contributed by atoms with Gasteiger partial charge in [-0.05, 0) is 18.2 Å². The normalized spacial score (nSPS) is 21.6. The molecule has 4 heteroatoms. The van der Waals surface area contributed by atoms with E-state index in [-0.39, 0.29) is 0 Å². The SMILES string of the molecule is NC1NC2(C=CO1)c1ccccc1Oc1ccccc12. The van der Waals surface area contributed by atoms with Crippen LogP contribution in [0.5, 0.6) is 11.5 Å². The van der Waals surface area contributed by atoms with Gasteiger partial charge in [-0.3, -0.25) is 11.1 Å². The zero-order valence-electron chi connectivity index (χ0n) is 10.7. The van der Waals surface area contributed by atoms with Crippen LogP contribution in [0.3, 0.4) is 0 Å². The molecule has 2 heterocycles. The fraction of sp³-hybridized carbons (Fsp3) is 0.125. The topological polar surface area (TPSA) is 56.5 Å². The molecule has 0 saturated heterocycles. The van der Waals surface area contributed by atoms with E-state index in [2.05, 4.69) is 5.32 Å². The molecule has 2 aromatic carbocycles. The molecule has 100 valence electrons. The van der Waals surface area contributed by atoms with Crippen molar-refractivity contribution in [3.05, 3.63) is 72.0 Å². The number of hydrogen-bond donors (Lipinski definition) is 2. The van der Waals surface area contributed by atoms with Gasteiger partial charge in [0, 0.05) is 11.1 Å². The Kier molecular flexibility index (Phi) is 2.36. The van der Waals surface area contributed by atoms with Crippen LogP contribution in [-0.2, 0) is 10.3 Å². The van der Waals surface area contributed by atoms with Gasteiger partial charge in [-0.15, -0.1) is 0 Å². The monoisotopic (exact) mass is 266 g/mol. The molecule has 1 unspecified atom stereocenters. The maximum absolute atomic E-state index is 5.98. The largest absolute Gasteiger partial charge is 0.470 e. The Hall–Kier alpha value is -2.30. The average Bonchev–Trinajstić information content (AvgIpc) is 2.48. The van der Waals surface area contributed by atoms with Crippen LogP contribution < -0.4 is 15.8 Å². The van der Waals surface area contributed by atoms with Gasteiger partial charge in [0.15, 0.2) is 0 Å². The summed E-state index contributed by atoms with van der Waals surface area (Å²) in [7, 11) is 0. The second-order valence-electron chi connectivity index (χ2n) is 4.91. The minimum Gasteiger partial charge on any atom is -0.470 e. The lowest BCUT2D eigenvalue weighted by Gasteiger charge is -2.42. The van der Waals surface area contributed by atoms with Gasteiger partial charge in [0.05, 0.1) is 6.26 Å². The maximum Gasteiger partial charge on any atom is 0.204 e. The molecule has 0 radical (unpaired) electrons. The summed E-state index contributed by atoms with van der Waals surface area (Å²) in [5.74, 6) is 1.66. The number of rotatable bonds is 0. The highest BCUT2D eigenvalue weighted by Gasteiger charge is 2.42. The van der Waals surface area contributed by atoms with Crippen molar-refractivity contribution in [2.45, 2.75) is 11.9 Å². The van der Waals surface area contributed by atoms with E-state index in [9.17, 15) is 0 Å². The third-order valence-corrected chi connectivity index (χ3v) is 3.76. The maximum atomic E-state index is 5.98. The molecule has 20 heavy (non-hydrogen) atoms. The van der Waals surface area contributed by atoms with Crippen molar-refractivity contribution in [1.82, 2.24) is 5.32 Å². The Bertz CT molecular complexity index is 651. The summed E-state index contributed by atoms with van der Waals surface area (Å²) >= 11 is 0. The van der Waals surface area contributed by atoms with Crippen LogP contribution in [0.4, 0.5) is 0 Å². The summed E-state index contributed by atoms with van der Waals surface area (Å²) in [6, 6.07) is 15.9. The Morgan fingerprint density at radius 1 is 0.950 bits per heavy atom. The summed E-state index contributed by atoms with van der Waals surface area (Å²) in [5.41, 5.74) is 7.49. The molecule has 3 N–H and O–H groups in total. The van der Waals surface area contributed by atoms with E-state index in [4.69, 9.17) is 15.2 Å². The van der Waals surface area contributed by atoms with Crippen molar-refractivity contribution >= 4 is 0 Å². The van der Waals surface area contributed by atoms with Crippen molar-refractivity contribution in [2.75, 3.05) is 0 Å². The fourth-order valence-electron chi connectivity index (χ4n) is 2.89. The highest BCUT2D eigenvalue weighted by Crippen LogP contribution is 2.48. The first-order chi connectivity index (χ1) is 9.79. The quantitative estimate of drug-likeness (QED) is 0.769. The predicted octanol–water partition coefficient (Wildman–Crippen LogP) is 2.41. The number of hydrogen-bond acceptors (Lipinski definition) is 4. The van der Waals surface area contributed by atoms with Gasteiger partial charge in [0.1, 0.15) is 17.0 Å². The molecule has 4 rings (SSSR count). The van der Waals surface area contributed by atoms with Crippen LogP contribution in [0.15, 0.2) is 60.9 Å². The summed E-state index contributed by atoms with van der Waals surface area (Å²) < 4.78 is 11.3. The van der Waals surface area contributed by atoms with E-state index < -0.39 is 11.9 Å². The second kappa shape index (κ2) is 4.10. The summed E-state index contributed by atoms with van der Waals surface area (Å²) in [4.78, 5) is 0. The molecule has 4 nitrogen and oxygen atoms in total. The van der Waals surface area contributed by atoms with Gasteiger partial charge >= 0.3 is 0 Å². The zero-order valence-corrected chi connectivity index (χ0v) is 10.7. The summed E-state index contributed by atoms with van der Waals surface area (Å²) in [6.45, 7) is 0. The number of fused-ring (bicyclic) bond motifs is 4. The molecule has 2 aliphatic rings. The van der Waals surface area contributed by atoms with Gasteiger partial charge in [-0.25, -0.2) is 0 Å². The van der Waals surface area contributed by atoms with Crippen molar-refractivity contribution in [3.8, 4) is 11.5 Å². The van der Waals surface area contributed by atoms with Crippen LogP contribution in [0.25, 0.3) is 0 Å². The molecule has 0 amide bonds. The molecule has 1 spiro atoms. The van der Waals surface area contributed by atoms with Crippen LogP contribution in [0.1, 0.15) is 11.1 Å². The van der Waals surface area contributed by atoms with Crippen LogP contribution in [-0.4, -0.2) is 6.35 Å². The van der Waals surface area contributed by atoms with Crippen LogP contribution in [0.2, 0.25) is 0 Å². The van der Waals surface area contributed by atoms with Gasteiger partial charge in [0.25, 0.3) is 0 Å². The minimum absolute atomic E-state index is 0.511. The van der Waals surface area contributed by atoms with E-state index >= 15 is 0 Å². The van der Waals surface area contributed by atoms with Crippen molar-refractivity contribution in [3.63, 3.8) is 0 Å². The molecule has 0 aliphatic carbocycles. The second-order valence-corrected chi connectivity index (χ2v) is 4.91. The molecular formula is C16H14N2O2. The third-order valence-electron chi connectivity index (χ3n) is 3.76. The first-order valence-corrected chi connectivity index (χ1v) is 6.53. The molecule has 2 aliphatic heterocycles. The molecule has 0 bridgehead atoms. The van der Waals surface area contributed by atoms with Crippen molar-refractivity contribution < 1.29 is 9.47 Å². The lowest BCUT2D eigenvalue weighted by atomic mass is 9.79. The summed E-state index contributed by atoms with van der Waals surface area (Å²) in [5, 5.41) is 3.33. The Morgan fingerprint density at radius 2 is 1.55 bits per heavy atom. The fourth-order valence-corrected chi connectivity index (χ4v) is 2.89. The van der Waals surface area contributed by atoms with E-state index in [0.29, 0.717) is 0 Å². The molecular weight excluding hydrogens is 252 g/mol. The number of nitrogens with one attached hydrogen (secondary N) is 1. The minimum atomic E-state index is -0.556. The number of para-hydroxylation sites is 2. The smallest absolute Gasteiger partial charge is 0.204 e. The highest BCUT2D eigenvalue weighted by atomic mass is 16.5. The number of nitrogens with two attached hydrogens (primary N) is 1. The Morgan fingerprint density at radius 3 is 2.15 bits per heavy atom. The van der Waals surface area contributed by atoms with Crippen molar-refractivity contribution in [2.24, 2.45) is 5.73 Å². The first kappa shape index (κ1) is 11.5. The van der Waals surface area contributed by atoms with E-state index in [1.54, 1.807) is 6.26 Å². The molecule has 0 aromatic heterocycles. The van der Waals surface area contributed by atoms with Crippen molar-refractivity contribution in [1.29, 1.82) is 0 Å². The Balaban J connectivity index is 2.02. The lowest BCUT2D eigenvalue weighted by Crippen LogP contribution is -2.55. The molecule has 2 aromatic rings. The van der Waals surface area contributed by atoms with Gasteiger partial charge in [0.2, 0.25) is 6.35 Å². The molecule has 0 fully saturated rings. The lowest BCUT2D eigenvalue weighted by molar-refractivity contribution is 0.0740. The van der Waals surface area contributed by atoms with Crippen LogP contribution in [0, 0.1) is 0 Å². The van der Waals surface area contributed by atoms with E-state index in [1.165, 1.54) is 0 Å². The Labute approximate surface area is 116 Å². The predicted molar refractivity (Wildman–Crippen MR) is 75.1 cm³/mol. The highest BCUT2D eigenvalue weighted by molar-refractivity contribution is 5.59. The number of ether oxygens (including phenoxy) is 2. The average molecular weight is 266 g/mol. The third kappa shape index (κ3) is 1.49. The molecule has 0 saturated carbocycles. The van der Waals surface area contributed by atoms with E-state index in [0.717, 1.165) is 22.6 Å². The van der Waals surface area contributed by atoms with Gasteiger partial charge < -0.3 is 9.47 Å². The van der Waals surface area contributed by atoms with Gasteiger partial charge in [-0.2, -0.15) is 0 Å².